The van der Waals surface area contributed by atoms with E-state index in [-0.39, 0.29) is 11.3 Å². The van der Waals surface area contributed by atoms with Crippen LogP contribution >= 0.6 is 23.2 Å². The van der Waals surface area contributed by atoms with E-state index in [1.54, 1.807) is 25.3 Å². The second-order valence-electron chi connectivity index (χ2n) is 9.05. The highest BCUT2D eigenvalue weighted by Crippen LogP contribution is 2.37. The van der Waals surface area contributed by atoms with E-state index in [4.69, 9.17) is 27.9 Å². The lowest BCUT2D eigenvalue weighted by Gasteiger charge is -2.48. The van der Waals surface area contributed by atoms with Crippen molar-refractivity contribution in [2.24, 2.45) is 0 Å². The van der Waals surface area contributed by atoms with Crippen LogP contribution in [0.15, 0.2) is 36.8 Å². The third-order valence-electron chi connectivity index (χ3n) is 6.46. The van der Waals surface area contributed by atoms with Crippen molar-refractivity contribution in [1.29, 1.82) is 5.26 Å². The predicted molar refractivity (Wildman–Crippen MR) is 137 cm³/mol. The number of aromatic amines is 1. The number of hydrogen-bond donors (Lipinski definition) is 2. The Morgan fingerprint density at radius 2 is 1.94 bits per heavy atom. The Morgan fingerprint density at radius 1 is 1.22 bits per heavy atom. The van der Waals surface area contributed by atoms with E-state index in [9.17, 15) is 9.65 Å². The van der Waals surface area contributed by atoms with Gasteiger partial charge in [0, 0.05) is 54.3 Å². The highest BCUT2D eigenvalue weighted by atomic mass is 35.5. The van der Waals surface area contributed by atoms with Gasteiger partial charge in [-0.15, -0.1) is 0 Å². The number of halogens is 3. The second kappa shape index (κ2) is 9.21. The van der Waals surface area contributed by atoms with Crippen LogP contribution in [-0.2, 0) is 0 Å². The zero-order valence-corrected chi connectivity index (χ0v) is 21.2. The Hall–Kier alpha value is -3.45. The van der Waals surface area contributed by atoms with E-state index in [0.717, 1.165) is 13.1 Å². The largest absolute Gasteiger partial charge is 0.483 e. The molecule has 11 heteroatoms. The van der Waals surface area contributed by atoms with Gasteiger partial charge in [-0.3, -0.25) is 10.1 Å². The van der Waals surface area contributed by atoms with Gasteiger partial charge in [-0.2, -0.15) is 10.4 Å². The minimum Gasteiger partial charge on any atom is -0.483 e. The molecule has 1 aliphatic rings. The van der Waals surface area contributed by atoms with E-state index >= 15 is 0 Å². The fraction of sp³-hybridized carbons (Fsp3) is 0.280. The molecule has 1 saturated heterocycles. The smallest absolute Gasteiger partial charge is 0.167 e. The molecule has 2 N–H and O–H groups in total. The Bertz CT molecular complexity index is 1490. The predicted octanol–water partition coefficient (Wildman–Crippen LogP) is 5.28. The first kappa shape index (κ1) is 24.3. The summed E-state index contributed by atoms with van der Waals surface area (Å²) in [4.78, 5) is 10.6. The zero-order chi connectivity index (χ0) is 25.6. The number of H-pyrrole nitrogens is 1. The van der Waals surface area contributed by atoms with Crippen molar-refractivity contribution in [3.05, 3.63) is 63.8 Å². The van der Waals surface area contributed by atoms with Crippen molar-refractivity contribution in [2.45, 2.75) is 25.5 Å². The number of aromatic nitrogens is 4. The number of fused-ring (bicyclic) bond motifs is 1. The van der Waals surface area contributed by atoms with E-state index < -0.39 is 11.9 Å². The number of nitrogens with one attached hydrogen (secondary N) is 2. The van der Waals surface area contributed by atoms with E-state index in [1.165, 1.54) is 18.5 Å². The number of likely N-dealkylation sites (N-methyl/N-ethyl adjacent to an activating group) is 1. The molecule has 0 amide bonds. The third-order valence-corrected chi connectivity index (χ3v) is 7.06. The van der Waals surface area contributed by atoms with Crippen LogP contribution in [-0.4, -0.2) is 45.8 Å². The van der Waals surface area contributed by atoms with Gasteiger partial charge in [0.25, 0.3) is 0 Å². The molecule has 3 aromatic heterocycles. The summed E-state index contributed by atoms with van der Waals surface area (Å²) in [7, 11) is 1.92. The highest BCUT2D eigenvalue weighted by molar-refractivity contribution is 6.35. The van der Waals surface area contributed by atoms with E-state index in [1.807, 2.05) is 7.05 Å². The van der Waals surface area contributed by atoms with Gasteiger partial charge >= 0.3 is 0 Å². The third kappa shape index (κ3) is 4.22. The maximum Gasteiger partial charge on any atom is 0.167 e. The summed E-state index contributed by atoms with van der Waals surface area (Å²) in [6.45, 7) is 5.35. The molecule has 0 radical (unpaired) electrons. The number of hydrogen-bond acceptors (Lipinski definition) is 7. The molecule has 0 spiro atoms. The Kier molecular flexibility index (Phi) is 6.20. The molecular formula is C25H22Cl2FN7O. The fourth-order valence-corrected chi connectivity index (χ4v) is 5.08. The van der Waals surface area contributed by atoms with Gasteiger partial charge in [-0.05, 0) is 33.0 Å². The second-order valence-corrected chi connectivity index (χ2v) is 9.87. The fourth-order valence-electron chi connectivity index (χ4n) is 4.41. The molecule has 1 aliphatic heterocycles. The molecule has 8 nitrogen and oxygen atoms in total. The van der Waals surface area contributed by atoms with Gasteiger partial charge in [-0.1, -0.05) is 23.2 Å². The van der Waals surface area contributed by atoms with Crippen molar-refractivity contribution in [2.75, 3.05) is 25.0 Å². The van der Waals surface area contributed by atoms with Gasteiger partial charge in [0.1, 0.15) is 23.7 Å². The molecule has 0 unspecified atom stereocenters. The van der Waals surface area contributed by atoms with E-state index in [0.29, 0.717) is 49.2 Å². The number of nitrogens with zero attached hydrogens (tertiary/aromatic N) is 5. The summed E-state index contributed by atoms with van der Waals surface area (Å²) in [6, 6.07) is 6.87. The van der Waals surface area contributed by atoms with Crippen LogP contribution in [0.1, 0.15) is 31.1 Å². The van der Waals surface area contributed by atoms with Crippen LogP contribution < -0.4 is 15.0 Å². The number of anilines is 1. The minimum atomic E-state index is -0.638. The summed E-state index contributed by atoms with van der Waals surface area (Å²) >= 11 is 12.5. The van der Waals surface area contributed by atoms with Crippen molar-refractivity contribution in [1.82, 2.24) is 25.5 Å². The molecule has 36 heavy (non-hydrogen) atoms. The maximum atomic E-state index is 14.9. The van der Waals surface area contributed by atoms with Crippen LogP contribution in [0.5, 0.6) is 5.75 Å². The topological polar surface area (TPSA) is 103 Å². The van der Waals surface area contributed by atoms with Gasteiger partial charge in [-0.25, -0.2) is 9.37 Å². The van der Waals surface area contributed by atoms with Crippen molar-refractivity contribution < 1.29 is 9.13 Å². The molecule has 1 atom stereocenters. The normalized spacial score (nSPS) is 15.4. The maximum absolute atomic E-state index is 14.9. The average molecular weight is 526 g/mol. The lowest BCUT2D eigenvalue weighted by Crippen LogP contribution is -2.67. The van der Waals surface area contributed by atoms with Gasteiger partial charge in [0.05, 0.1) is 26.7 Å². The summed E-state index contributed by atoms with van der Waals surface area (Å²) in [6.07, 6.45) is 3.95. The quantitative estimate of drug-likeness (QED) is 0.353. The molecule has 4 heterocycles. The van der Waals surface area contributed by atoms with Crippen LogP contribution in [0, 0.1) is 17.1 Å². The van der Waals surface area contributed by atoms with Crippen molar-refractivity contribution in [3.63, 3.8) is 0 Å². The molecule has 0 bridgehead atoms. The molecule has 184 valence electrons. The number of pyridine rings is 2. The molecule has 1 aromatic carbocycles. The van der Waals surface area contributed by atoms with Gasteiger partial charge in [0.15, 0.2) is 11.6 Å². The number of ether oxygens (including phenoxy) is 1. The first-order valence-corrected chi connectivity index (χ1v) is 12.0. The Balaban J connectivity index is 1.48. The summed E-state index contributed by atoms with van der Waals surface area (Å²) in [5.74, 6) is 0.0739. The molecule has 0 aliphatic carbocycles. The number of rotatable bonds is 6. The minimum absolute atomic E-state index is 0.00615. The summed E-state index contributed by atoms with van der Waals surface area (Å²) < 4.78 is 20.8. The van der Waals surface area contributed by atoms with Crippen LogP contribution in [0.2, 0.25) is 10.0 Å². The lowest BCUT2D eigenvalue weighted by molar-refractivity contribution is 0.217. The zero-order valence-electron chi connectivity index (χ0n) is 19.7. The molecule has 0 saturated carbocycles. The monoisotopic (exact) mass is 525 g/mol. The van der Waals surface area contributed by atoms with Gasteiger partial charge in [0.2, 0.25) is 0 Å². The van der Waals surface area contributed by atoms with Crippen LogP contribution in [0.25, 0.3) is 22.2 Å². The number of benzene rings is 1. The Labute approximate surface area is 217 Å². The first-order valence-electron chi connectivity index (χ1n) is 11.2. The van der Waals surface area contributed by atoms with Crippen molar-refractivity contribution in [3.8, 4) is 23.1 Å². The highest BCUT2D eigenvalue weighted by Gasteiger charge is 2.39. The molecular weight excluding hydrogens is 504 g/mol. The number of nitriles is 1. The standard InChI is InChI=1S/C25H22Cl2FN7O/c1-13(22-17(26)9-31-10-18(22)27)36-21-5-16-20(6-19(21)28)33-34-23(16)15-4-14(7-29)24(32-8-15)35-11-25(2,12-35)30-3/h4-6,8-10,13,30H,11-12H2,1-3H3,(H,33,34)/t13-/m1/s1. The van der Waals surface area contributed by atoms with E-state index in [2.05, 4.69) is 43.4 Å². The molecule has 1 fully saturated rings. The molecule has 5 rings (SSSR count). The first-order chi connectivity index (χ1) is 17.2. The summed E-state index contributed by atoms with van der Waals surface area (Å²) in [5.41, 5.74) is 2.59. The van der Waals surface area contributed by atoms with Crippen LogP contribution in [0.4, 0.5) is 10.2 Å². The molecule has 4 aromatic rings. The lowest BCUT2D eigenvalue weighted by atomic mass is 9.92. The SMILES string of the molecule is CNC1(C)CN(c2ncc(-c3n[nH]c4cc(F)c(O[C@H](C)c5c(Cl)cncc5Cl)cc34)cc2C#N)C1. The van der Waals surface area contributed by atoms with Crippen LogP contribution in [0.3, 0.4) is 0 Å². The van der Waals surface area contributed by atoms with Crippen molar-refractivity contribution >= 4 is 39.9 Å². The Morgan fingerprint density at radius 3 is 2.61 bits per heavy atom. The summed E-state index contributed by atoms with van der Waals surface area (Å²) in [5, 5.41) is 21.6. The van der Waals surface area contributed by atoms with Gasteiger partial charge < -0.3 is 15.0 Å². The average Bonchev–Trinajstić information content (AvgIpc) is 3.24.